The molecule has 202 valence electrons. The molecule has 1 saturated heterocycles. The normalized spacial score (nSPS) is 13.9. The van der Waals surface area contributed by atoms with Gasteiger partial charge in [-0.1, -0.05) is 37.8 Å². The van der Waals surface area contributed by atoms with Crippen molar-refractivity contribution in [3.63, 3.8) is 0 Å². The van der Waals surface area contributed by atoms with Crippen molar-refractivity contribution < 1.29 is 9.53 Å². The lowest BCUT2D eigenvalue weighted by molar-refractivity contribution is -0.130. The first kappa shape index (κ1) is 26.5. The Bertz CT molecular complexity index is 1550. The molecular formula is C28H32N8O2S. The molecule has 1 fully saturated rings. The van der Waals surface area contributed by atoms with E-state index in [4.69, 9.17) is 14.8 Å². The van der Waals surface area contributed by atoms with E-state index in [9.17, 15) is 4.79 Å². The number of fused-ring (bicyclic) bond motifs is 1. The Balaban J connectivity index is 0.00000308. The van der Waals surface area contributed by atoms with Crippen LogP contribution >= 0.6 is 11.3 Å². The molecule has 5 aromatic rings. The van der Waals surface area contributed by atoms with Crippen LogP contribution in [0.15, 0.2) is 55.0 Å². The van der Waals surface area contributed by atoms with E-state index < -0.39 is 0 Å². The Kier molecular flexibility index (Phi) is 7.71. The fourth-order valence-corrected chi connectivity index (χ4v) is 5.91. The van der Waals surface area contributed by atoms with E-state index in [1.54, 1.807) is 18.3 Å². The summed E-state index contributed by atoms with van der Waals surface area (Å²) in [5.74, 6) is 1.62. The number of aryl methyl sites for hydroxylation is 1. The van der Waals surface area contributed by atoms with Crippen LogP contribution in [-0.4, -0.2) is 84.8 Å². The van der Waals surface area contributed by atoms with Crippen LogP contribution in [-0.2, 0) is 4.79 Å². The topological polar surface area (TPSA) is 105 Å². The third-order valence-corrected chi connectivity index (χ3v) is 7.87. The summed E-state index contributed by atoms with van der Waals surface area (Å²) in [6.45, 7) is 8.30. The summed E-state index contributed by atoms with van der Waals surface area (Å²) in [5.41, 5.74) is 4.68. The van der Waals surface area contributed by atoms with Gasteiger partial charge in [0.15, 0.2) is 5.82 Å². The smallest absolute Gasteiger partial charge is 0.219 e. The highest BCUT2D eigenvalue weighted by Gasteiger charge is 2.22. The highest BCUT2D eigenvalue weighted by molar-refractivity contribution is 7.19. The van der Waals surface area contributed by atoms with Crippen LogP contribution in [0.5, 0.6) is 5.75 Å². The molecule has 0 unspecified atom stereocenters. The highest BCUT2D eigenvalue weighted by Crippen LogP contribution is 2.41. The molecule has 1 amide bonds. The van der Waals surface area contributed by atoms with Gasteiger partial charge in [0.2, 0.25) is 5.91 Å². The highest BCUT2D eigenvalue weighted by atomic mass is 32.1. The van der Waals surface area contributed by atoms with E-state index in [1.165, 1.54) is 6.33 Å². The van der Waals surface area contributed by atoms with E-state index in [-0.39, 0.29) is 13.3 Å². The van der Waals surface area contributed by atoms with Crippen molar-refractivity contribution in [3.8, 4) is 38.3 Å². The summed E-state index contributed by atoms with van der Waals surface area (Å²) >= 11 is 1.57. The number of benzene rings is 1. The van der Waals surface area contributed by atoms with Gasteiger partial charge in [-0.3, -0.25) is 14.8 Å². The number of pyridine rings is 1. The number of rotatable bonds is 7. The van der Waals surface area contributed by atoms with Gasteiger partial charge >= 0.3 is 0 Å². The zero-order valence-corrected chi connectivity index (χ0v) is 22.1. The molecule has 1 aliphatic rings. The average molecular weight is 545 g/mol. The van der Waals surface area contributed by atoms with Gasteiger partial charge in [0.1, 0.15) is 23.7 Å². The summed E-state index contributed by atoms with van der Waals surface area (Å²) in [7, 11) is 0. The summed E-state index contributed by atoms with van der Waals surface area (Å²) in [6.07, 6.45) is 3.44. The van der Waals surface area contributed by atoms with Crippen molar-refractivity contribution in [3.05, 3.63) is 60.7 Å². The molecule has 0 radical (unpaired) electrons. The fourth-order valence-electron chi connectivity index (χ4n) is 4.77. The molecule has 0 aliphatic carbocycles. The fraction of sp³-hybridized carbons (Fsp3) is 0.321. The zero-order chi connectivity index (χ0) is 26.1. The first-order valence-electron chi connectivity index (χ1n) is 12.6. The van der Waals surface area contributed by atoms with Gasteiger partial charge in [0, 0.05) is 57.5 Å². The Hall–Kier alpha value is -4.09. The minimum absolute atomic E-state index is 0. The second-order valence-corrected chi connectivity index (χ2v) is 10.2. The summed E-state index contributed by atoms with van der Waals surface area (Å²) in [5, 5.41) is 12.6. The van der Waals surface area contributed by atoms with E-state index >= 15 is 0 Å². The van der Waals surface area contributed by atoms with Crippen molar-refractivity contribution in [1.29, 1.82) is 0 Å². The number of thiazole rings is 1. The quantitative estimate of drug-likeness (QED) is 0.324. The molecule has 10 nitrogen and oxygen atoms in total. The third kappa shape index (κ3) is 5.41. The summed E-state index contributed by atoms with van der Waals surface area (Å²) < 4.78 is 8.02. The first-order chi connectivity index (χ1) is 18.6. The lowest BCUT2D eigenvalue weighted by atomic mass is 10.1. The van der Waals surface area contributed by atoms with Gasteiger partial charge < -0.3 is 9.64 Å². The molecule has 0 bridgehead atoms. The lowest BCUT2D eigenvalue weighted by Gasteiger charge is -2.34. The number of nitrogens with zero attached hydrogens (tertiary/aromatic N) is 7. The number of hydrogen-bond acceptors (Lipinski definition) is 8. The van der Waals surface area contributed by atoms with Crippen molar-refractivity contribution in [2.75, 3.05) is 39.3 Å². The number of nitrogens with one attached hydrogen (secondary N) is 1. The number of carbonyl (C=O) groups excluding carboxylic acids is 1. The molecule has 4 aromatic heterocycles. The van der Waals surface area contributed by atoms with Crippen molar-refractivity contribution in [1.82, 2.24) is 39.6 Å². The predicted octanol–water partition coefficient (Wildman–Crippen LogP) is 4.40. The Labute approximate surface area is 231 Å². The second-order valence-electron chi connectivity index (χ2n) is 9.25. The molecule has 0 atom stereocenters. The van der Waals surface area contributed by atoms with Gasteiger partial charge in [-0.25, -0.2) is 14.5 Å². The number of amides is 1. The average Bonchev–Trinajstić information content (AvgIpc) is 3.67. The molecule has 1 aliphatic heterocycles. The molecule has 39 heavy (non-hydrogen) atoms. The van der Waals surface area contributed by atoms with Crippen molar-refractivity contribution >= 4 is 22.8 Å². The zero-order valence-electron chi connectivity index (χ0n) is 21.3. The Morgan fingerprint density at radius 2 is 1.92 bits per heavy atom. The van der Waals surface area contributed by atoms with Gasteiger partial charge in [-0.2, -0.15) is 10.2 Å². The van der Waals surface area contributed by atoms with Crippen molar-refractivity contribution in [2.45, 2.75) is 21.3 Å². The van der Waals surface area contributed by atoms with Crippen LogP contribution in [0.25, 0.3) is 38.0 Å². The van der Waals surface area contributed by atoms with Gasteiger partial charge in [-0.15, -0.1) is 11.3 Å². The molecule has 6 rings (SSSR count). The Morgan fingerprint density at radius 1 is 1.13 bits per heavy atom. The van der Waals surface area contributed by atoms with Crippen LogP contribution in [0.3, 0.4) is 0 Å². The van der Waals surface area contributed by atoms with E-state index in [1.807, 2.05) is 65.0 Å². The van der Waals surface area contributed by atoms with Gasteiger partial charge in [-0.05, 0) is 13.0 Å². The SMILES string of the molecule is C.CC(=O)N1CCN(CCOc2ccn3nc(C)c(-c4nc(-c5ccccc5)c(-c5ncn[nH]5)s4)c3c2)CC1. The van der Waals surface area contributed by atoms with Crippen LogP contribution in [0.4, 0.5) is 0 Å². The molecule has 1 N–H and O–H groups in total. The number of aromatic amines is 1. The maximum absolute atomic E-state index is 11.6. The van der Waals surface area contributed by atoms with Crippen LogP contribution in [0, 0.1) is 6.92 Å². The minimum atomic E-state index is 0. The number of H-pyrrole nitrogens is 1. The first-order valence-corrected chi connectivity index (χ1v) is 13.4. The molecule has 0 spiro atoms. The standard InChI is InChI=1S/C27H28N8O2S.CH4/c1-18-23(27-30-24(20-6-4-3-5-7-20)25(38-27)26-28-17-29-31-26)22-16-21(8-9-35(22)32-18)37-15-14-33-10-12-34(13-11-33)19(2)36;/h3-9,16-17H,10-15H2,1-2H3,(H,28,29,31);1H4. The lowest BCUT2D eigenvalue weighted by Crippen LogP contribution is -2.48. The molecular weight excluding hydrogens is 512 g/mol. The largest absolute Gasteiger partial charge is 0.492 e. The minimum Gasteiger partial charge on any atom is -0.492 e. The van der Waals surface area contributed by atoms with E-state index in [0.29, 0.717) is 12.4 Å². The monoisotopic (exact) mass is 544 g/mol. The number of piperazine rings is 1. The van der Waals surface area contributed by atoms with Gasteiger partial charge in [0.05, 0.1) is 27.3 Å². The maximum Gasteiger partial charge on any atom is 0.219 e. The number of hydrogen-bond donors (Lipinski definition) is 1. The van der Waals surface area contributed by atoms with Crippen LogP contribution in [0.1, 0.15) is 20.0 Å². The summed E-state index contributed by atoms with van der Waals surface area (Å²) in [6, 6.07) is 14.1. The number of carbonyl (C=O) groups is 1. The summed E-state index contributed by atoms with van der Waals surface area (Å²) in [4.78, 5) is 26.2. The molecule has 1 aromatic carbocycles. The Morgan fingerprint density at radius 3 is 2.64 bits per heavy atom. The van der Waals surface area contributed by atoms with Crippen LogP contribution < -0.4 is 4.74 Å². The van der Waals surface area contributed by atoms with Crippen LogP contribution in [0.2, 0.25) is 0 Å². The predicted molar refractivity (Wildman–Crippen MR) is 153 cm³/mol. The number of ether oxygens (including phenoxy) is 1. The molecule has 5 heterocycles. The second kappa shape index (κ2) is 11.3. The van der Waals surface area contributed by atoms with E-state index in [2.05, 4.69) is 20.1 Å². The van der Waals surface area contributed by atoms with Gasteiger partial charge in [0.25, 0.3) is 0 Å². The third-order valence-electron chi connectivity index (χ3n) is 6.79. The maximum atomic E-state index is 11.6. The number of aromatic nitrogens is 6. The molecule has 11 heteroatoms. The molecule has 0 saturated carbocycles. The van der Waals surface area contributed by atoms with E-state index in [0.717, 1.165) is 76.4 Å². The van der Waals surface area contributed by atoms with Crippen molar-refractivity contribution in [2.24, 2.45) is 0 Å².